The lowest BCUT2D eigenvalue weighted by Crippen LogP contribution is -2.50. The van der Waals surface area contributed by atoms with Gasteiger partial charge >= 0.3 is 11.9 Å². The number of hydrogen-bond acceptors (Lipinski definition) is 4. The van der Waals surface area contributed by atoms with Crippen LogP contribution in [-0.2, 0) is 14.3 Å². The third-order valence-corrected chi connectivity index (χ3v) is 3.12. The van der Waals surface area contributed by atoms with Crippen LogP contribution in [0.15, 0.2) is 30.3 Å². The quantitative estimate of drug-likeness (QED) is 0.779. The van der Waals surface area contributed by atoms with Crippen molar-refractivity contribution in [3.63, 3.8) is 0 Å². The maximum atomic E-state index is 14.2. The molecular weight excluding hydrogens is 318 g/mol. The summed E-state index contributed by atoms with van der Waals surface area (Å²) < 4.78 is 33.5. The molecule has 0 aliphatic carbocycles. The van der Waals surface area contributed by atoms with E-state index >= 15 is 0 Å². The summed E-state index contributed by atoms with van der Waals surface area (Å²) >= 11 is 0. The van der Waals surface area contributed by atoms with Crippen LogP contribution in [0.5, 0.6) is 0 Å². The Bertz CT molecular complexity index is 571. The molecule has 0 heterocycles. The van der Waals surface area contributed by atoms with Gasteiger partial charge in [0.2, 0.25) is 0 Å². The molecule has 0 saturated carbocycles. The molecule has 1 rings (SSSR count). The van der Waals surface area contributed by atoms with Gasteiger partial charge in [-0.1, -0.05) is 30.3 Å². The normalized spacial score (nSPS) is 14.6. The van der Waals surface area contributed by atoms with E-state index in [4.69, 9.17) is 10.5 Å². The Morgan fingerprint density at radius 3 is 2.25 bits per heavy atom. The van der Waals surface area contributed by atoms with Gasteiger partial charge in [0.1, 0.15) is 11.6 Å². The number of carbonyl (C=O) groups excluding carboxylic acids is 2. The van der Waals surface area contributed by atoms with Crippen LogP contribution in [0.25, 0.3) is 0 Å². The number of alkyl halides is 2. The van der Waals surface area contributed by atoms with Crippen LogP contribution in [-0.4, -0.2) is 29.4 Å². The van der Waals surface area contributed by atoms with E-state index in [1.807, 2.05) is 0 Å². The molecule has 24 heavy (non-hydrogen) atoms. The molecule has 0 spiro atoms. The first-order valence-corrected chi connectivity index (χ1v) is 7.64. The molecule has 0 saturated heterocycles. The van der Waals surface area contributed by atoms with Crippen molar-refractivity contribution in [2.24, 2.45) is 5.73 Å². The third kappa shape index (κ3) is 5.88. The minimum Gasteiger partial charge on any atom is -0.460 e. The Morgan fingerprint density at radius 2 is 1.75 bits per heavy atom. The number of halogens is 2. The molecule has 3 N–H and O–H groups in total. The summed E-state index contributed by atoms with van der Waals surface area (Å²) in [5, 5.41) is 2.12. The number of benzene rings is 1. The van der Waals surface area contributed by atoms with Crippen LogP contribution in [0.4, 0.5) is 8.78 Å². The second kappa shape index (κ2) is 7.70. The highest BCUT2D eigenvalue weighted by Crippen LogP contribution is 2.29. The summed E-state index contributed by atoms with van der Waals surface area (Å²) in [6.45, 7) is 6.54. The van der Waals surface area contributed by atoms with Crippen LogP contribution in [0.3, 0.4) is 0 Å². The first-order chi connectivity index (χ1) is 10.9. The van der Waals surface area contributed by atoms with Gasteiger partial charge < -0.3 is 15.8 Å². The average molecular weight is 342 g/mol. The number of carbonyl (C=O) groups is 2. The molecule has 0 fully saturated rings. The van der Waals surface area contributed by atoms with Gasteiger partial charge in [0, 0.05) is 6.04 Å². The largest absolute Gasteiger partial charge is 0.460 e. The fourth-order valence-corrected chi connectivity index (χ4v) is 2.02. The number of esters is 1. The lowest BCUT2D eigenvalue weighted by atomic mass is 10.0. The molecule has 0 aliphatic rings. The lowest BCUT2D eigenvalue weighted by Gasteiger charge is -2.25. The maximum absolute atomic E-state index is 14.2. The van der Waals surface area contributed by atoms with Crippen molar-refractivity contribution in [3.05, 3.63) is 35.9 Å². The maximum Gasteiger partial charge on any atom is 0.343 e. The third-order valence-electron chi connectivity index (χ3n) is 3.12. The number of nitrogens with one attached hydrogen (secondary N) is 1. The first-order valence-electron chi connectivity index (χ1n) is 7.64. The second-order valence-electron chi connectivity index (χ2n) is 6.68. The zero-order valence-corrected chi connectivity index (χ0v) is 14.3. The van der Waals surface area contributed by atoms with Gasteiger partial charge in [-0.05, 0) is 33.3 Å². The Labute approximate surface area is 140 Å². The number of ether oxygens (including phenoxy) is 1. The molecule has 0 aliphatic heterocycles. The highest BCUT2D eigenvalue weighted by molar-refractivity contribution is 5.85. The summed E-state index contributed by atoms with van der Waals surface area (Å²) in [6.07, 6.45) is -0.209. The summed E-state index contributed by atoms with van der Waals surface area (Å²) in [5.41, 5.74) is 5.00. The van der Waals surface area contributed by atoms with Crippen molar-refractivity contribution in [1.82, 2.24) is 5.32 Å². The van der Waals surface area contributed by atoms with Crippen LogP contribution in [0.2, 0.25) is 0 Å². The van der Waals surface area contributed by atoms with Crippen molar-refractivity contribution in [1.29, 1.82) is 0 Å². The molecule has 0 unspecified atom stereocenters. The molecule has 134 valence electrons. The number of nitrogens with two attached hydrogens (primary N) is 1. The molecule has 1 aromatic rings. The van der Waals surface area contributed by atoms with Crippen molar-refractivity contribution in [3.8, 4) is 0 Å². The van der Waals surface area contributed by atoms with E-state index in [1.165, 1.54) is 19.1 Å². The smallest absolute Gasteiger partial charge is 0.343 e. The molecule has 1 amide bonds. The Kier molecular flexibility index (Phi) is 6.42. The van der Waals surface area contributed by atoms with E-state index < -0.39 is 35.5 Å². The van der Waals surface area contributed by atoms with Gasteiger partial charge in [0.15, 0.2) is 0 Å². The van der Waals surface area contributed by atoms with Crippen LogP contribution in [0, 0.1) is 0 Å². The number of hydrogen-bond donors (Lipinski definition) is 2. The second-order valence-corrected chi connectivity index (χ2v) is 6.68. The van der Waals surface area contributed by atoms with Crippen LogP contribution >= 0.6 is 0 Å². The summed E-state index contributed by atoms with van der Waals surface area (Å²) in [7, 11) is 0. The van der Waals surface area contributed by atoms with Crippen molar-refractivity contribution >= 4 is 11.9 Å². The Hall–Kier alpha value is -2.02. The van der Waals surface area contributed by atoms with E-state index in [0.717, 1.165) is 0 Å². The Morgan fingerprint density at radius 1 is 1.21 bits per heavy atom. The predicted octanol–water partition coefficient (Wildman–Crippen LogP) is 2.56. The molecule has 0 aromatic heterocycles. The van der Waals surface area contributed by atoms with Crippen LogP contribution in [0.1, 0.15) is 45.7 Å². The zero-order chi connectivity index (χ0) is 18.5. The van der Waals surface area contributed by atoms with Gasteiger partial charge in [-0.15, -0.1) is 0 Å². The molecule has 7 heteroatoms. The predicted molar refractivity (Wildman–Crippen MR) is 86.4 cm³/mol. The van der Waals surface area contributed by atoms with Gasteiger partial charge in [0.05, 0.1) is 6.42 Å². The fraction of sp³-hybridized carbons (Fsp3) is 0.529. The minimum absolute atomic E-state index is 0.150. The van der Waals surface area contributed by atoms with Crippen LogP contribution < -0.4 is 11.1 Å². The highest BCUT2D eigenvalue weighted by Gasteiger charge is 2.46. The van der Waals surface area contributed by atoms with E-state index in [-0.39, 0.29) is 12.0 Å². The number of amides is 1. The summed E-state index contributed by atoms with van der Waals surface area (Å²) in [5.74, 6) is -5.90. The number of rotatable bonds is 6. The highest BCUT2D eigenvalue weighted by atomic mass is 19.3. The van der Waals surface area contributed by atoms with Gasteiger partial charge in [0.25, 0.3) is 5.91 Å². The van der Waals surface area contributed by atoms with Crippen molar-refractivity contribution < 1.29 is 23.1 Å². The fourth-order valence-electron chi connectivity index (χ4n) is 2.02. The molecule has 2 atom stereocenters. The average Bonchev–Trinajstić information content (AvgIpc) is 2.44. The summed E-state index contributed by atoms with van der Waals surface area (Å²) in [4.78, 5) is 23.5. The molecule has 0 radical (unpaired) electrons. The van der Waals surface area contributed by atoms with E-state index in [9.17, 15) is 18.4 Å². The first kappa shape index (κ1) is 20.0. The zero-order valence-electron chi connectivity index (χ0n) is 14.3. The van der Waals surface area contributed by atoms with Crippen molar-refractivity contribution in [2.45, 2.75) is 57.7 Å². The topological polar surface area (TPSA) is 81.4 Å². The minimum atomic E-state index is -3.80. The monoisotopic (exact) mass is 342 g/mol. The van der Waals surface area contributed by atoms with E-state index in [1.54, 1.807) is 39.0 Å². The Balaban J connectivity index is 2.66. The molecule has 5 nitrogen and oxygen atoms in total. The SMILES string of the molecule is C[C@H](CC(=O)OC(C)(C)C)NC(=O)C(F)(F)[C@@H](N)c1ccccc1. The van der Waals surface area contributed by atoms with E-state index in [2.05, 4.69) is 5.32 Å². The lowest BCUT2D eigenvalue weighted by molar-refractivity contribution is -0.156. The summed E-state index contributed by atoms with van der Waals surface area (Å²) in [6, 6.07) is 5.07. The van der Waals surface area contributed by atoms with Gasteiger partial charge in [-0.2, -0.15) is 8.78 Å². The molecular formula is C17H24F2N2O3. The molecule has 0 bridgehead atoms. The molecule has 1 aromatic carbocycles. The van der Waals surface area contributed by atoms with Gasteiger partial charge in [-0.3, -0.25) is 9.59 Å². The van der Waals surface area contributed by atoms with E-state index in [0.29, 0.717) is 0 Å². The van der Waals surface area contributed by atoms with Gasteiger partial charge in [-0.25, -0.2) is 0 Å². The van der Waals surface area contributed by atoms with Crippen molar-refractivity contribution in [2.75, 3.05) is 0 Å². The standard InChI is InChI=1S/C17H24F2N2O3/c1-11(10-13(22)24-16(2,3)4)21-15(23)17(18,19)14(20)12-8-6-5-7-9-12/h5-9,11,14H,10,20H2,1-4H3,(H,21,23)/t11-,14+/m1/s1.